The molecule has 0 unspecified atom stereocenters. The Morgan fingerprint density at radius 1 is 0.633 bits per heavy atom. The average Bonchev–Trinajstić information content (AvgIpc) is 3.09. The fraction of sp³-hybridized carbons (Fsp3) is 0.314. The van der Waals surface area contributed by atoms with Gasteiger partial charge >= 0.3 is 0 Å². The minimum absolute atomic E-state index is 0.312. The number of carbonyl (C=O) groups excluding carboxylic acids is 4. The summed E-state index contributed by atoms with van der Waals surface area (Å²) >= 11 is 0. The number of aliphatic hydroxyl groups is 2. The van der Waals surface area contributed by atoms with Crippen LogP contribution < -0.4 is 32.6 Å². The van der Waals surface area contributed by atoms with Crippen LogP contribution in [0.5, 0.6) is 0 Å². The molecule has 6 atom stereocenters. The van der Waals surface area contributed by atoms with Crippen molar-refractivity contribution in [3.63, 3.8) is 0 Å². The number of amides is 4. The fourth-order valence-electron chi connectivity index (χ4n) is 3.51. The molecule has 0 saturated carbocycles. The highest BCUT2D eigenvalue weighted by atomic mass is 16.5. The molecule has 258 valence electrons. The zero-order valence-electron chi connectivity index (χ0n) is 27.6. The molecular weight excluding hydrogens is 632 g/mol. The van der Waals surface area contributed by atoms with Crippen LogP contribution >= 0.6 is 0 Å². The Morgan fingerprint density at radius 2 is 1.00 bits per heavy atom. The van der Waals surface area contributed by atoms with E-state index in [1.807, 2.05) is 0 Å². The van der Waals surface area contributed by atoms with E-state index >= 15 is 0 Å². The third-order valence-electron chi connectivity index (χ3n) is 6.23. The molecule has 0 fully saturated rings. The molecule has 14 heteroatoms. The molecule has 0 spiro atoms. The number of nitrogens with one attached hydrogen (secondary N) is 5. The minimum atomic E-state index is -1.06. The number of hydrogen-bond acceptors (Lipinski definition) is 10. The van der Waals surface area contributed by atoms with Crippen LogP contribution in [0.1, 0.15) is 59.5 Å². The number of nitrogens with two attached hydrogens (primary N) is 1. The van der Waals surface area contributed by atoms with Gasteiger partial charge in [-0.15, -0.1) is 0 Å². The fourth-order valence-corrected chi connectivity index (χ4v) is 3.51. The quantitative estimate of drug-likeness (QED) is 0.0887. The lowest BCUT2D eigenvalue weighted by Gasteiger charge is -2.22. The Balaban J connectivity index is 0.000000490. The molecule has 0 heterocycles. The molecule has 0 aliphatic heterocycles. The minimum Gasteiger partial charge on any atom is -0.381 e. The van der Waals surface area contributed by atoms with Crippen LogP contribution in [0, 0.1) is 47.4 Å². The van der Waals surface area contributed by atoms with Crippen molar-refractivity contribution in [2.75, 3.05) is 7.05 Å². The Hall–Kier alpha value is -5.68. The van der Waals surface area contributed by atoms with E-state index in [2.05, 4.69) is 63.3 Å². The van der Waals surface area contributed by atoms with Gasteiger partial charge in [-0.05, 0) is 107 Å². The van der Waals surface area contributed by atoms with Gasteiger partial charge < -0.3 is 31.9 Å². The van der Waals surface area contributed by atoms with Crippen LogP contribution in [0.25, 0.3) is 0 Å². The lowest BCUT2D eigenvalue weighted by atomic mass is 10.1. The van der Waals surface area contributed by atoms with E-state index in [0.717, 1.165) is 0 Å². The van der Waals surface area contributed by atoms with Gasteiger partial charge in [0.1, 0.15) is 24.3 Å². The second-order valence-corrected chi connectivity index (χ2v) is 10.3. The molecule has 2 aromatic rings. The predicted molar refractivity (Wildman–Crippen MR) is 180 cm³/mol. The Kier molecular flexibility index (Phi) is 18.6. The Morgan fingerprint density at radius 3 is 1.33 bits per heavy atom. The van der Waals surface area contributed by atoms with Gasteiger partial charge in [-0.3, -0.25) is 29.6 Å². The van der Waals surface area contributed by atoms with Gasteiger partial charge in [-0.2, -0.15) is 0 Å². The van der Waals surface area contributed by atoms with Crippen LogP contribution in [0.2, 0.25) is 0 Å². The average molecular weight is 673 g/mol. The monoisotopic (exact) mass is 672 g/mol. The van der Waals surface area contributed by atoms with Crippen molar-refractivity contribution in [1.29, 1.82) is 0 Å². The second kappa shape index (κ2) is 22.0. The summed E-state index contributed by atoms with van der Waals surface area (Å²) in [6, 6.07) is 9.70. The smallest absolute Gasteiger partial charge is 0.267 e. The molecule has 0 aromatic heterocycles. The van der Waals surface area contributed by atoms with Gasteiger partial charge in [0.25, 0.3) is 23.6 Å². The predicted octanol–water partition coefficient (Wildman–Crippen LogP) is -0.993. The van der Waals surface area contributed by atoms with E-state index in [4.69, 9.17) is 26.4 Å². The standard InChI is InChI=1S/C18H21N3O4.C17H19N3O4/c1-12(22)6-4-5-7-14-8-10-15(11-9-14)17(23)20-16(13(2)19-3)18(24)21-25;1-11(21)5-3-4-6-13-7-9-14(10-8-13)16(22)19-15(12(2)18)17(23)20-24/h8-13,16,19,22,25H,1-3H3,(H,20,23)(H,21,24);7-12,15,21,24H,18H2,1-2H3,(H,19,22)(H,20,23)/t12-,13+,16-;11-,12+,15-/m00/s1. The molecule has 0 bridgehead atoms. The molecule has 4 amide bonds. The van der Waals surface area contributed by atoms with E-state index in [-0.39, 0.29) is 6.04 Å². The summed E-state index contributed by atoms with van der Waals surface area (Å²) < 4.78 is 0. The number of hydroxylamine groups is 2. The number of hydrogen-bond donors (Lipinski definition) is 10. The van der Waals surface area contributed by atoms with E-state index < -0.39 is 54.0 Å². The van der Waals surface area contributed by atoms with E-state index in [1.165, 1.54) is 31.5 Å². The van der Waals surface area contributed by atoms with Crippen molar-refractivity contribution < 1.29 is 39.8 Å². The summed E-state index contributed by atoms with van der Waals surface area (Å²) in [6.45, 7) is 6.32. The van der Waals surface area contributed by atoms with Gasteiger partial charge in [0.05, 0.1) is 0 Å². The zero-order chi connectivity index (χ0) is 36.9. The zero-order valence-corrected chi connectivity index (χ0v) is 27.6. The van der Waals surface area contributed by atoms with Crippen molar-refractivity contribution >= 4 is 23.6 Å². The lowest BCUT2D eigenvalue weighted by Crippen LogP contribution is -2.55. The normalized spacial score (nSPS) is 13.2. The number of carbonyl (C=O) groups is 4. The van der Waals surface area contributed by atoms with E-state index in [0.29, 0.717) is 22.3 Å². The van der Waals surface area contributed by atoms with Crippen LogP contribution in [0.15, 0.2) is 48.5 Å². The first-order chi connectivity index (χ1) is 23.2. The van der Waals surface area contributed by atoms with Crippen molar-refractivity contribution in [2.24, 2.45) is 5.73 Å². The van der Waals surface area contributed by atoms with Gasteiger partial charge in [-0.1, -0.05) is 23.7 Å². The second-order valence-electron chi connectivity index (χ2n) is 10.3. The van der Waals surface area contributed by atoms with Gasteiger partial charge in [-0.25, -0.2) is 11.0 Å². The highest BCUT2D eigenvalue weighted by Crippen LogP contribution is 2.06. The molecule has 49 heavy (non-hydrogen) atoms. The highest BCUT2D eigenvalue weighted by molar-refractivity contribution is 5.98. The molecule has 0 radical (unpaired) electrons. The number of benzene rings is 2. The topological polar surface area (TPSA) is 235 Å². The summed E-state index contributed by atoms with van der Waals surface area (Å²) in [6.07, 6.45) is -1.47. The summed E-state index contributed by atoms with van der Waals surface area (Å²) in [5.41, 5.74) is 10.6. The summed E-state index contributed by atoms with van der Waals surface area (Å²) in [5, 5.41) is 43.3. The lowest BCUT2D eigenvalue weighted by molar-refractivity contribution is -0.132. The largest absolute Gasteiger partial charge is 0.381 e. The maximum Gasteiger partial charge on any atom is 0.267 e. The summed E-state index contributed by atoms with van der Waals surface area (Å²) in [4.78, 5) is 47.5. The molecule has 0 saturated heterocycles. The molecule has 0 aliphatic rings. The maximum atomic E-state index is 12.3. The van der Waals surface area contributed by atoms with Crippen LogP contribution in [0.4, 0.5) is 0 Å². The Labute approximate surface area is 285 Å². The number of likely N-dealkylation sites (N-methyl/N-ethyl adjacent to an activating group) is 1. The first-order valence-corrected chi connectivity index (χ1v) is 14.8. The molecule has 2 aromatic carbocycles. The molecular formula is C35H40N6O8. The number of aliphatic hydroxyl groups excluding tert-OH is 2. The van der Waals surface area contributed by atoms with Crippen molar-refractivity contribution in [1.82, 2.24) is 26.9 Å². The molecule has 14 nitrogen and oxygen atoms in total. The van der Waals surface area contributed by atoms with E-state index in [9.17, 15) is 19.2 Å². The SMILES string of the molecule is CN[C@H](C)[C@H](NC(=O)c1ccc(C#CC#C[C@H](C)O)cc1)C(=O)NO.C[C@H](O)C#CC#Cc1ccc(C(=O)N[C@H](C(=O)NO)[C@@H](C)N)cc1. The first kappa shape index (κ1) is 41.3. The van der Waals surface area contributed by atoms with Crippen molar-refractivity contribution in [3.8, 4) is 47.4 Å². The van der Waals surface area contributed by atoms with Crippen molar-refractivity contribution in [2.45, 2.75) is 64.1 Å². The summed E-state index contributed by atoms with van der Waals surface area (Å²) in [7, 11) is 1.64. The summed E-state index contributed by atoms with van der Waals surface area (Å²) in [5.74, 6) is 18.3. The van der Waals surface area contributed by atoms with Gasteiger partial charge in [0.2, 0.25) is 0 Å². The molecule has 11 N–H and O–H groups in total. The highest BCUT2D eigenvalue weighted by Gasteiger charge is 2.26. The molecule has 2 rings (SSSR count). The van der Waals surface area contributed by atoms with Crippen LogP contribution in [-0.4, -0.2) is 87.7 Å². The van der Waals surface area contributed by atoms with Gasteiger partial charge in [0.15, 0.2) is 0 Å². The Bertz CT molecular complexity index is 1680. The van der Waals surface area contributed by atoms with Gasteiger partial charge in [0, 0.05) is 34.3 Å². The van der Waals surface area contributed by atoms with Crippen molar-refractivity contribution in [3.05, 3.63) is 70.8 Å². The third kappa shape index (κ3) is 15.6. The number of rotatable bonds is 9. The third-order valence-corrected chi connectivity index (χ3v) is 6.23. The maximum absolute atomic E-state index is 12.3. The first-order valence-electron chi connectivity index (χ1n) is 14.8. The molecule has 0 aliphatic carbocycles. The van der Waals surface area contributed by atoms with Crippen LogP contribution in [-0.2, 0) is 9.59 Å². The van der Waals surface area contributed by atoms with E-state index in [1.54, 1.807) is 62.8 Å². The van der Waals surface area contributed by atoms with Crippen LogP contribution in [0.3, 0.4) is 0 Å².